The van der Waals surface area contributed by atoms with Gasteiger partial charge < -0.3 is 20.1 Å². The smallest absolute Gasteiger partial charge is 0.308 e. The van der Waals surface area contributed by atoms with Crippen LogP contribution in [0, 0.1) is 13.8 Å². The summed E-state index contributed by atoms with van der Waals surface area (Å²) < 4.78 is 5.21. The van der Waals surface area contributed by atoms with Gasteiger partial charge >= 0.3 is 5.97 Å². The van der Waals surface area contributed by atoms with E-state index >= 15 is 0 Å². The van der Waals surface area contributed by atoms with Crippen LogP contribution in [-0.4, -0.2) is 27.6 Å². The van der Waals surface area contributed by atoms with Gasteiger partial charge in [-0.25, -0.2) is 0 Å². The fourth-order valence-corrected chi connectivity index (χ4v) is 5.61. The molecule has 3 N–H and O–H groups in total. The van der Waals surface area contributed by atoms with E-state index in [0.717, 1.165) is 13.0 Å². The number of rotatable bonds is 5. The van der Waals surface area contributed by atoms with Gasteiger partial charge in [-0.15, -0.1) is 0 Å². The normalized spacial score (nSPS) is 11.6. The third-order valence-electron chi connectivity index (χ3n) is 7.41. The second kappa shape index (κ2) is 9.96. The number of phenolic OH excluding ortho intramolecular Hbond substituents is 3. The van der Waals surface area contributed by atoms with E-state index in [9.17, 15) is 44.1 Å². The molecule has 0 amide bonds. The molecule has 0 fully saturated rings. The second-order valence-electron chi connectivity index (χ2n) is 10.7. The van der Waals surface area contributed by atoms with Crippen molar-refractivity contribution in [3.05, 3.63) is 74.8 Å². The minimum atomic E-state index is -1.21. The van der Waals surface area contributed by atoms with Crippen molar-refractivity contribution in [1.82, 2.24) is 0 Å². The summed E-state index contributed by atoms with van der Waals surface area (Å²) in [6.07, 6.45) is 0.0597. The quantitative estimate of drug-likeness (QED) is 0.108. The number of aldehydes is 1. The molecule has 2 aromatic carbocycles. The number of ether oxygens (including phenoxy) is 1. The molecule has 212 valence electrons. The molecule has 10 nitrogen and oxygen atoms in total. The van der Waals surface area contributed by atoms with Crippen LogP contribution in [0.1, 0.15) is 79.1 Å². The van der Waals surface area contributed by atoms with E-state index in [2.05, 4.69) is 0 Å². The summed E-state index contributed by atoms with van der Waals surface area (Å²) >= 11 is 0. The first-order chi connectivity index (χ1) is 19.1. The molecule has 2 aromatic rings. The lowest BCUT2D eigenvalue weighted by molar-refractivity contribution is -0.132. The van der Waals surface area contributed by atoms with Crippen LogP contribution in [-0.2, 0) is 4.79 Å². The summed E-state index contributed by atoms with van der Waals surface area (Å²) in [4.78, 5) is 77.1. The van der Waals surface area contributed by atoms with Crippen LogP contribution in [0.4, 0.5) is 0 Å². The Morgan fingerprint density at radius 3 is 1.85 bits per heavy atom. The van der Waals surface area contributed by atoms with Gasteiger partial charge in [-0.2, -0.15) is 0 Å². The first-order valence-electron chi connectivity index (χ1n) is 12.8. The molecule has 0 spiro atoms. The molecule has 0 saturated carbocycles. The van der Waals surface area contributed by atoms with Gasteiger partial charge in [0.1, 0.15) is 11.5 Å². The predicted octanol–water partition coefficient (Wildman–Crippen LogP) is 3.65. The molecule has 2 aliphatic rings. The highest BCUT2D eigenvalue weighted by Crippen LogP contribution is 2.51. The third kappa shape index (κ3) is 4.09. The van der Waals surface area contributed by atoms with Crippen LogP contribution in [0.25, 0.3) is 33.0 Å². The van der Waals surface area contributed by atoms with E-state index in [-0.39, 0.29) is 61.8 Å². The monoisotopic (exact) mass is 560 g/mol. The molecule has 0 radical (unpaired) electrons. The number of fused-ring (bicyclic) bond motifs is 2. The van der Waals surface area contributed by atoms with E-state index in [0.29, 0.717) is 0 Å². The van der Waals surface area contributed by atoms with Crippen molar-refractivity contribution >= 4 is 23.0 Å². The van der Waals surface area contributed by atoms with E-state index in [1.165, 1.54) is 13.8 Å². The van der Waals surface area contributed by atoms with E-state index in [1.807, 2.05) is 0 Å². The largest absolute Gasteiger partial charge is 0.507 e. The van der Waals surface area contributed by atoms with Crippen molar-refractivity contribution in [3.63, 3.8) is 0 Å². The molecule has 41 heavy (non-hydrogen) atoms. The predicted molar refractivity (Wildman–Crippen MR) is 153 cm³/mol. The van der Waals surface area contributed by atoms with Crippen LogP contribution in [0.3, 0.4) is 0 Å². The van der Waals surface area contributed by atoms with Gasteiger partial charge in [-0.05, 0) is 31.7 Å². The highest BCUT2D eigenvalue weighted by atomic mass is 16.5. The first kappa shape index (κ1) is 29.1. The number of carbonyl (C=O) groups is 2. The number of hydrogen-bond donors (Lipinski definition) is 3. The fourth-order valence-electron chi connectivity index (χ4n) is 5.61. The van der Waals surface area contributed by atoms with Gasteiger partial charge in [0.05, 0.1) is 5.56 Å². The Hall–Kier alpha value is -4.86. The molecule has 0 unspecified atom stereocenters. The van der Waals surface area contributed by atoms with Crippen LogP contribution >= 0.6 is 0 Å². The summed E-state index contributed by atoms with van der Waals surface area (Å²) in [6, 6.07) is 1.06. The Balaban J connectivity index is 2.31. The maximum atomic E-state index is 14.1. The highest BCUT2D eigenvalue weighted by Gasteiger charge is 2.33. The Bertz CT molecular complexity index is 1990. The molecular weight excluding hydrogens is 532 g/mol. The van der Waals surface area contributed by atoms with Crippen molar-refractivity contribution in [1.29, 1.82) is 0 Å². The molecule has 0 bridgehead atoms. The van der Waals surface area contributed by atoms with E-state index in [1.54, 1.807) is 27.7 Å². The Morgan fingerprint density at radius 2 is 1.34 bits per heavy atom. The molecule has 10 heteroatoms. The summed E-state index contributed by atoms with van der Waals surface area (Å²) in [7, 11) is 0. The molecule has 0 saturated heterocycles. The van der Waals surface area contributed by atoms with Gasteiger partial charge in [0.2, 0.25) is 10.9 Å². The number of aromatic hydroxyl groups is 3. The molecule has 0 aliphatic heterocycles. The zero-order chi connectivity index (χ0) is 30.8. The topological polar surface area (TPSA) is 172 Å². The van der Waals surface area contributed by atoms with E-state index in [4.69, 9.17) is 4.74 Å². The molecule has 4 rings (SSSR count). The van der Waals surface area contributed by atoms with Crippen LogP contribution < -0.4 is 26.5 Å². The minimum absolute atomic E-state index is 0.0326. The van der Waals surface area contributed by atoms with Crippen molar-refractivity contribution in [2.45, 2.75) is 60.3 Å². The van der Waals surface area contributed by atoms with Gasteiger partial charge in [0, 0.05) is 62.2 Å². The first-order valence-corrected chi connectivity index (χ1v) is 12.8. The maximum absolute atomic E-state index is 14.1. The number of phenols is 3. The lowest BCUT2D eigenvalue weighted by atomic mass is 9.81. The Kier molecular flexibility index (Phi) is 7.07. The highest BCUT2D eigenvalue weighted by molar-refractivity contribution is 6.06. The summed E-state index contributed by atoms with van der Waals surface area (Å²) in [5.41, 5.74) is -6.43. The second-order valence-corrected chi connectivity index (χ2v) is 10.7. The van der Waals surface area contributed by atoms with Crippen LogP contribution in [0.5, 0.6) is 23.0 Å². The van der Waals surface area contributed by atoms with E-state index < -0.39 is 67.9 Å². The average molecular weight is 561 g/mol. The number of benzene rings is 4. The third-order valence-corrected chi connectivity index (χ3v) is 7.41. The molecule has 2 aliphatic carbocycles. The van der Waals surface area contributed by atoms with Crippen molar-refractivity contribution < 1.29 is 29.6 Å². The zero-order valence-electron chi connectivity index (χ0n) is 23.5. The van der Waals surface area contributed by atoms with Crippen molar-refractivity contribution in [3.8, 4) is 45.3 Å². The van der Waals surface area contributed by atoms with Crippen molar-refractivity contribution in [2.75, 3.05) is 0 Å². The molecule has 0 aromatic heterocycles. The van der Waals surface area contributed by atoms with Gasteiger partial charge in [0.25, 0.3) is 0 Å². The Morgan fingerprint density at radius 1 is 0.756 bits per heavy atom. The minimum Gasteiger partial charge on any atom is -0.507 e. The molecule has 0 atom stereocenters. The number of carbonyl (C=O) groups excluding carboxylic acids is 2. The fraction of sp³-hybridized carbons (Fsp3) is 0.290. The van der Waals surface area contributed by atoms with Crippen LogP contribution in [0.2, 0.25) is 0 Å². The summed E-state index contributed by atoms with van der Waals surface area (Å²) in [6.45, 7) is 10.4. The Labute approximate surface area is 233 Å². The lowest BCUT2D eigenvalue weighted by Gasteiger charge is -2.22. The van der Waals surface area contributed by atoms with Gasteiger partial charge in [-0.3, -0.25) is 28.8 Å². The van der Waals surface area contributed by atoms with Gasteiger partial charge in [0.15, 0.2) is 28.6 Å². The van der Waals surface area contributed by atoms with Crippen LogP contribution in [0.15, 0.2) is 25.2 Å². The SMILES string of the molecule is CC(=O)Oc1c(O)cc2c(O)c(-c3c(C)c(=O)c4c(C(C)C)c(=O)c(=O)c(C=O)c-4c3=O)c(C)c(O)c2c1C(C)C. The molecule has 0 heterocycles. The van der Waals surface area contributed by atoms with Gasteiger partial charge in [-0.1, -0.05) is 27.7 Å². The lowest BCUT2D eigenvalue weighted by Crippen LogP contribution is -2.38. The standard InChI is InChI=1S/C31H28O10/c1-10(2)18-24-23(16(9-32)28(38)30(18)40)29(39)21(13(6)26(24)36)20-12(5)25(35)22-15(27(20)37)8-17(34)31(41-14(7)33)19(22)11(3)4/h8-11,34-35,37H,1-7H3. The molecular formula is C31H28O10. The average Bonchev–Trinajstić information content (AvgIpc) is 2.88. The maximum Gasteiger partial charge on any atom is 0.308 e. The summed E-state index contributed by atoms with van der Waals surface area (Å²) in [5, 5.41) is 33.6. The van der Waals surface area contributed by atoms with Crippen molar-refractivity contribution in [2.24, 2.45) is 0 Å². The number of esters is 1. The zero-order valence-corrected chi connectivity index (χ0v) is 23.5. The number of hydrogen-bond acceptors (Lipinski definition) is 10. The summed E-state index contributed by atoms with van der Waals surface area (Å²) in [5.74, 6) is -3.51.